The third kappa shape index (κ3) is 4.52. The topological polar surface area (TPSA) is 92.7 Å². The van der Waals surface area contributed by atoms with E-state index in [0.717, 1.165) is 28.4 Å². The maximum absolute atomic E-state index is 11.1. The molecule has 7 nitrogen and oxygen atoms in total. The second kappa shape index (κ2) is 8.88. The smallest absolute Gasteiger partial charge is 0.207 e. The van der Waals surface area contributed by atoms with E-state index in [1.165, 1.54) is 0 Å². The summed E-state index contributed by atoms with van der Waals surface area (Å²) in [5.74, 6) is 1.30. The molecule has 0 aliphatic heterocycles. The van der Waals surface area contributed by atoms with Gasteiger partial charge in [-0.2, -0.15) is 0 Å². The molecule has 4 aromatic rings. The molecule has 0 spiro atoms. The summed E-state index contributed by atoms with van der Waals surface area (Å²) in [5.41, 5.74) is 2.78. The van der Waals surface area contributed by atoms with Crippen molar-refractivity contribution in [3.8, 4) is 11.4 Å². The molecule has 0 saturated carbocycles. The number of pyridine rings is 2. The lowest BCUT2D eigenvalue weighted by Gasteiger charge is -2.18. The van der Waals surface area contributed by atoms with Crippen LogP contribution in [0.4, 0.5) is 5.82 Å². The van der Waals surface area contributed by atoms with Gasteiger partial charge < -0.3 is 10.6 Å². The van der Waals surface area contributed by atoms with Crippen LogP contribution in [0.25, 0.3) is 22.3 Å². The number of benzene rings is 1. The van der Waals surface area contributed by atoms with E-state index in [9.17, 15) is 4.79 Å². The Kier molecular flexibility index (Phi) is 5.66. The quantitative estimate of drug-likeness (QED) is 0.454. The Morgan fingerprint density at radius 1 is 0.931 bits per heavy atom. The molecule has 0 fully saturated rings. The summed E-state index contributed by atoms with van der Waals surface area (Å²) in [6, 6.07) is 15.6. The summed E-state index contributed by atoms with van der Waals surface area (Å²) in [5, 5.41) is 7.15. The van der Waals surface area contributed by atoms with Crippen molar-refractivity contribution in [1.82, 2.24) is 25.3 Å². The summed E-state index contributed by atoms with van der Waals surface area (Å²) >= 11 is 0. The van der Waals surface area contributed by atoms with E-state index in [2.05, 4.69) is 25.6 Å². The second-order valence-electron chi connectivity index (χ2n) is 6.58. The van der Waals surface area contributed by atoms with Gasteiger partial charge in [0, 0.05) is 42.1 Å². The Bertz CT molecular complexity index is 1090. The normalized spacial score (nSPS) is 11.7. The third-order valence-electron chi connectivity index (χ3n) is 4.58. The minimum absolute atomic E-state index is 0.0777. The maximum atomic E-state index is 11.1. The lowest BCUT2D eigenvalue weighted by Crippen LogP contribution is -2.36. The van der Waals surface area contributed by atoms with Crippen LogP contribution in [0.15, 0.2) is 73.3 Å². The second-order valence-corrected chi connectivity index (χ2v) is 6.58. The molecule has 3 aromatic heterocycles. The molecule has 0 saturated heterocycles. The number of carbonyl (C=O) groups is 1. The highest BCUT2D eigenvalue weighted by molar-refractivity contribution is 5.89. The van der Waals surface area contributed by atoms with E-state index < -0.39 is 0 Å². The number of aromatic nitrogens is 4. The minimum Gasteiger partial charge on any atom is -0.367 e. The SMILES string of the molecule is O=CNC(CNc1nc(-c2ccncc2)nc2cnccc12)Cc1ccccc1. The average Bonchev–Trinajstić information content (AvgIpc) is 2.78. The maximum Gasteiger partial charge on any atom is 0.207 e. The Morgan fingerprint density at radius 2 is 1.72 bits per heavy atom. The summed E-state index contributed by atoms with van der Waals surface area (Å²) in [7, 11) is 0. The molecular formula is C22H20N6O. The number of nitrogens with zero attached hydrogens (tertiary/aromatic N) is 4. The molecule has 3 heterocycles. The molecule has 1 amide bonds. The first-order chi connectivity index (χ1) is 14.3. The number of carbonyl (C=O) groups excluding carboxylic acids is 1. The first kappa shape index (κ1) is 18.5. The van der Waals surface area contributed by atoms with Gasteiger partial charge >= 0.3 is 0 Å². The molecule has 144 valence electrons. The van der Waals surface area contributed by atoms with Crippen LogP contribution in [0.1, 0.15) is 5.56 Å². The number of amides is 1. The van der Waals surface area contributed by atoms with E-state index in [1.54, 1.807) is 24.8 Å². The van der Waals surface area contributed by atoms with Crippen molar-refractivity contribution < 1.29 is 4.79 Å². The lowest BCUT2D eigenvalue weighted by molar-refractivity contribution is -0.110. The van der Waals surface area contributed by atoms with Crippen molar-refractivity contribution in [2.75, 3.05) is 11.9 Å². The van der Waals surface area contributed by atoms with Gasteiger partial charge in [0.05, 0.1) is 11.7 Å². The molecule has 0 aliphatic carbocycles. The van der Waals surface area contributed by atoms with Gasteiger partial charge in [-0.1, -0.05) is 30.3 Å². The number of hydrogen-bond donors (Lipinski definition) is 2. The van der Waals surface area contributed by atoms with E-state index in [1.807, 2.05) is 48.5 Å². The van der Waals surface area contributed by atoms with Gasteiger partial charge in [-0.15, -0.1) is 0 Å². The number of fused-ring (bicyclic) bond motifs is 1. The highest BCUT2D eigenvalue weighted by atomic mass is 16.1. The first-order valence-electron chi connectivity index (χ1n) is 9.33. The van der Waals surface area contributed by atoms with Crippen LogP contribution in [0.5, 0.6) is 0 Å². The summed E-state index contributed by atoms with van der Waals surface area (Å²) < 4.78 is 0. The zero-order chi connectivity index (χ0) is 19.9. The fourth-order valence-corrected chi connectivity index (χ4v) is 3.15. The number of rotatable bonds is 8. The van der Waals surface area contributed by atoms with Gasteiger partial charge in [0.2, 0.25) is 6.41 Å². The predicted octanol–water partition coefficient (Wildman–Crippen LogP) is 2.86. The van der Waals surface area contributed by atoms with Crippen LogP contribution in [-0.4, -0.2) is 38.9 Å². The third-order valence-corrected chi connectivity index (χ3v) is 4.58. The number of hydrogen-bond acceptors (Lipinski definition) is 6. The van der Waals surface area contributed by atoms with Crippen LogP contribution >= 0.6 is 0 Å². The summed E-state index contributed by atoms with van der Waals surface area (Å²) in [6.45, 7) is 0.526. The molecule has 7 heteroatoms. The number of anilines is 1. The summed E-state index contributed by atoms with van der Waals surface area (Å²) in [4.78, 5) is 28.7. The van der Waals surface area contributed by atoms with Crippen LogP contribution in [0, 0.1) is 0 Å². The largest absolute Gasteiger partial charge is 0.367 e. The molecular weight excluding hydrogens is 364 g/mol. The van der Waals surface area contributed by atoms with Crippen molar-refractivity contribution >= 4 is 23.1 Å². The Labute approximate surface area is 168 Å². The van der Waals surface area contributed by atoms with E-state index in [0.29, 0.717) is 24.6 Å². The molecule has 29 heavy (non-hydrogen) atoms. The van der Waals surface area contributed by atoms with Crippen LogP contribution < -0.4 is 10.6 Å². The van der Waals surface area contributed by atoms with Crippen LogP contribution in [0.3, 0.4) is 0 Å². The van der Waals surface area contributed by atoms with Crippen molar-refractivity contribution in [2.45, 2.75) is 12.5 Å². The van der Waals surface area contributed by atoms with Gasteiger partial charge in [-0.05, 0) is 30.2 Å². The predicted molar refractivity (Wildman–Crippen MR) is 112 cm³/mol. The van der Waals surface area contributed by atoms with E-state index in [4.69, 9.17) is 4.98 Å². The molecule has 0 radical (unpaired) electrons. The van der Waals surface area contributed by atoms with Gasteiger partial charge in [0.25, 0.3) is 0 Å². The van der Waals surface area contributed by atoms with Crippen molar-refractivity contribution in [2.24, 2.45) is 0 Å². The Hall–Kier alpha value is -3.87. The molecule has 1 aromatic carbocycles. The van der Waals surface area contributed by atoms with Crippen molar-refractivity contribution in [3.63, 3.8) is 0 Å². The van der Waals surface area contributed by atoms with E-state index >= 15 is 0 Å². The van der Waals surface area contributed by atoms with Gasteiger partial charge in [0.1, 0.15) is 5.82 Å². The molecule has 0 aliphatic rings. The molecule has 4 rings (SSSR count). The first-order valence-corrected chi connectivity index (χ1v) is 9.33. The molecule has 2 N–H and O–H groups in total. The van der Waals surface area contributed by atoms with Crippen molar-refractivity contribution in [1.29, 1.82) is 0 Å². The molecule has 1 unspecified atom stereocenters. The van der Waals surface area contributed by atoms with Gasteiger partial charge in [-0.25, -0.2) is 9.97 Å². The standard InChI is InChI=1S/C22H20N6O/c29-15-26-18(12-16-4-2-1-3-5-16)13-25-22-19-8-11-24-14-20(19)27-21(28-22)17-6-9-23-10-7-17/h1-11,14-15,18H,12-13H2,(H,26,29)(H,25,27,28). The molecule has 0 bridgehead atoms. The summed E-state index contributed by atoms with van der Waals surface area (Å²) in [6.07, 6.45) is 8.31. The van der Waals surface area contributed by atoms with Gasteiger partial charge in [0.15, 0.2) is 5.82 Å². The Morgan fingerprint density at radius 3 is 2.52 bits per heavy atom. The molecule has 1 atom stereocenters. The zero-order valence-electron chi connectivity index (χ0n) is 15.7. The fourth-order valence-electron chi connectivity index (χ4n) is 3.15. The van der Waals surface area contributed by atoms with Crippen molar-refractivity contribution in [3.05, 3.63) is 78.9 Å². The van der Waals surface area contributed by atoms with Crippen LogP contribution in [0.2, 0.25) is 0 Å². The Balaban J connectivity index is 1.61. The van der Waals surface area contributed by atoms with Crippen LogP contribution in [-0.2, 0) is 11.2 Å². The van der Waals surface area contributed by atoms with Gasteiger partial charge in [-0.3, -0.25) is 14.8 Å². The number of nitrogens with one attached hydrogen (secondary N) is 2. The monoisotopic (exact) mass is 384 g/mol. The highest BCUT2D eigenvalue weighted by Gasteiger charge is 2.13. The zero-order valence-corrected chi connectivity index (χ0v) is 15.7. The fraction of sp³-hybridized carbons (Fsp3) is 0.136. The highest BCUT2D eigenvalue weighted by Crippen LogP contribution is 2.24. The lowest BCUT2D eigenvalue weighted by atomic mass is 10.1. The van der Waals surface area contributed by atoms with E-state index in [-0.39, 0.29) is 6.04 Å². The minimum atomic E-state index is -0.0777. The average molecular weight is 384 g/mol.